The number of morpholine rings is 1. The quantitative estimate of drug-likeness (QED) is 0.806. The number of hydrogen-bond acceptors (Lipinski definition) is 5. The first-order chi connectivity index (χ1) is 12.1. The van der Waals surface area contributed by atoms with Crippen molar-refractivity contribution < 1.29 is 19.1 Å². The average Bonchev–Trinajstić information content (AvgIpc) is 3.17. The van der Waals surface area contributed by atoms with E-state index in [-0.39, 0.29) is 12.0 Å². The highest BCUT2D eigenvalue weighted by atomic mass is 16.6. The Morgan fingerprint density at radius 2 is 1.88 bits per heavy atom. The standard InChI is InChI=1S/C18H23N3O4/c1-19-12-18(25-17(19)23)6-7-21(13-18)16(22)14-4-2-3-5-15(14)20-8-10-24-11-9-20/h2-5H,6-13H2,1H3/t18-/m0/s1. The van der Waals surface area contributed by atoms with Crippen molar-refractivity contribution in [3.05, 3.63) is 29.8 Å². The fourth-order valence-corrected chi connectivity index (χ4v) is 3.93. The summed E-state index contributed by atoms with van der Waals surface area (Å²) in [6.07, 6.45) is 0.386. The van der Waals surface area contributed by atoms with Gasteiger partial charge >= 0.3 is 6.09 Å². The van der Waals surface area contributed by atoms with Gasteiger partial charge in [0.2, 0.25) is 0 Å². The largest absolute Gasteiger partial charge is 0.439 e. The average molecular weight is 345 g/mol. The summed E-state index contributed by atoms with van der Waals surface area (Å²) in [5, 5.41) is 0. The molecule has 1 atom stereocenters. The second-order valence-corrected chi connectivity index (χ2v) is 7.00. The van der Waals surface area contributed by atoms with Crippen LogP contribution in [0.2, 0.25) is 0 Å². The van der Waals surface area contributed by atoms with Gasteiger partial charge in [-0.25, -0.2) is 4.79 Å². The van der Waals surface area contributed by atoms with Crippen LogP contribution in [0.1, 0.15) is 16.8 Å². The second-order valence-electron chi connectivity index (χ2n) is 7.00. The van der Waals surface area contributed by atoms with Gasteiger partial charge in [-0.05, 0) is 12.1 Å². The lowest BCUT2D eigenvalue weighted by Crippen LogP contribution is -2.40. The summed E-state index contributed by atoms with van der Waals surface area (Å²) in [5.74, 6) is 0.00423. The van der Waals surface area contributed by atoms with Crippen LogP contribution in [0.15, 0.2) is 24.3 Å². The van der Waals surface area contributed by atoms with Crippen LogP contribution in [0.4, 0.5) is 10.5 Å². The minimum absolute atomic E-state index is 0.00423. The molecule has 0 aliphatic carbocycles. The van der Waals surface area contributed by atoms with Crippen molar-refractivity contribution in [3.63, 3.8) is 0 Å². The predicted octanol–water partition coefficient (Wildman–Crippen LogP) is 1.19. The number of likely N-dealkylation sites (tertiary alicyclic amines) is 1. The lowest BCUT2D eigenvalue weighted by atomic mass is 10.0. The third kappa shape index (κ3) is 2.93. The van der Waals surface area contributed by atoms with Gasteiger partial charge in [-0.15, -0.1) is 0 Å². The summed E-state index contributed by atoms with van der Waals surface area (Å²) < 4.78 is 11.0. The Bertz CT molecular complexity index is 689. The molecule has 3 aliphatic heterocycles. The first-order valence-corrected chi connectivity index (χ1v) is 8.73. The molecule has 0 saturated carbocycles. The van der Waals surface area contributed by atoms with Gasteiger partial charge < -0.3 is 24.2 Å². The first kappa shape index (κ1) is 16.2. The number of hydrogen-bond donors (Lipinski definition) is 0. The van der Waals surface area contributed by atoms with E-state index in [0.717, 1.165) is 18.8 Å². The summed E-state index contributed by atoms with van der Waals surface area (Å²) in [4.78, 5) is 30.4. The number of nitrogens with zero attached hydrogens (tertiary/aromatic N) is 3. The van der Waals surface area contributed by atoms with Gasteiger partial charge in [0.15, 0.2) is 5.60 Å². The van der Waals surface area contributed by atoms with Gasteiger partial charge in [-0.1, -0.05) is 12.1 Å². The van der Waals surface area contributed by atoms with E-state index in [1.165, 1.54) is 0 Å². The molecule has 3 aliphatic rings. The van der Waals surface area contributed by atoms with Crippen LogP contribution >= 0.6 is 0 Å². The fourth-order valence-electron chi connectivity index (χ4n) is 3.93. The smallest absolute Gasteiger partial charge is 0.410 e. The molecule has 0 radical (unpaired) electrons. The Hall–Kier alpha value is -2.28. The first-order valence-electron chi connectivity index (χ1n) is 8.73. The molecule has 3 fully saturated rings. The summed E-state index contributed by atoms with van der Waals surface area (Å²) in [7, 11) is 1.73. The Morgan fingerprint density at radius 1 is 1.12 bits per heavy atom. The Labute approximate surface area is 147 Å². The van der Waals surface area contributed by atoms with Crippen LogP contribution < -0.4 is 4.90 Å². The van der Waals surface area contributed by atoms with Gasteiger partial charge in [0.1, 0.15) is 0 Å². The Kier molecular flexibility index (Phi) is 4.03. The molecule has 7 heteroatoms. The van der Waals surface area contributed by atoms with Gasteiger partial charge in [-0.3, -0.25) is 4.79 Å². The molecule has 4 rings (SSSR count). The van der Waals surface area contributed by atoms with Gasteiger partial charge in [0.05, 0.1) is 31.9 Å². The number of benzene rings is 1. The highest BCUT2D eigenvalue weighted by Gasteiger charge is 2.49. The number of anilines is 1. The molecule has 1 spiro atoms. The molecule has 0 unspecified atom stereocenters. The molecule has 3 heterocycles. The molecule has 1 aromatic carbocycles. The molecule has 0 N–H and O–H groups in total. The minimum atomic E-state index is -0.546. The van der Waals surface area contributed by atoms with Crippen molar-refractivity contribution in [2.24, 2.45) is 0 Å². The van der Waals surface area contributed by atoms with Crippen LogP contribution in [-0.2, 0) is 9.47 Å². The van der Waals surface area contributed by atoms with E-state index in [9.17, 15) is 9.59 Å². The molecule has 0 aromatic heterocycles. The van der Waals surface area contributed by atoms with E-state index in [0.29, 0.717) is 44.8 Å². The zero-order valence-corrected chi connectivity index (χ0v) is 14.4. The van der Waals surface area contributed by atoms with Crippen LogP contribution in [0.25, 0.3) is 0 Å². The number of ether oxygens (including phenoxy) is 2. The molecule has 134 valence electrons. The molecular weight excluding hydrogens is 322 g/mol. The maximum Gasteiger partial charge on any atom is 0.410 e. The molecule has 3 saturated heterocycles. The zero-order chi connectivity index (χ0) is 17.4. The van der Waals surface area contributed by atoms with Gasteiger partial charge in [-0.2, -0.15) is 0 Å². The highest BCUT2D eigenvalue weighted by Crippen LogP contribution is 2.33. The number of amides is 2. The molecule has 7 nitrogen and oxygen atoms in total. The topological polar surface area (TPSA) is 62.3 Å². The van der Waals surface area contributed by atoms with E-state index < -0.39 is 5.60 Å². The van der Waals surface area contributed by atoms with Gasteiger partial charge in [0, 0.05) is 38.8 Å². The van der Waals surface area contributed by atoms with E-state index in [1.54, 1.807) is 11.9 Å². The van der Waals surface area contributed by atoms with Gasteiger partial charge in [0.25, 0.3) is 5.91 Å². The van der Waals surface area contributed by atoms with Crippen molar-refractivity contribution in [1.82, 2.24) is 9.80 Å². The van der Waals surface area contributed by atoms with Crippen LogP contribution in [0.5, 0.6) is 0 Å². The van der Waals surface area contributed by atoms with Crippen molar-refractivity contribution in [2.45, 2.75) is 12.0 Å². The van der Waals surface area contributed by atoms with Crippen molar-refractivity contribution in [2.75, 3.05) is 57.9 Å². The normalized spacial score (nSPS) is 26.4. The molecular formula is C18H23N3O4. The third-order valence-corrected chi connectivity index (χ3v) is 5.23. The molecule has 25 heavy (non-hydrogen) atoms. The third-order valence-electron chi connectivity index (χ3n) is 5.23. The summed E-state index contributed by atoms with van der Waals surface area (Å²) in [5.41, 5.74) is 1.12. The van der Waals surface area contributed by atoms with E-state index in [2.05, 4.69) is 4.90 Å². The lowest BCUT2D eigenvalue weighted by Gasteiger charge is -2.31. The van der Waals surface area contributed by atoms with Crippen molar-refractivity contribution in [1.29, 1.82) is 0 Å². The maximum absolute atomic E-state index is 13.1. The Morgan fingerprint density at radius 3 is 2.60 bits per heavy atom. The van der Waals surface area contributed by atoms with E-state index in [4.69, 9.17) is 9.47 Å². The molecule has 1 aromatic rings. The number of carbonyl (C=O) groups is 2. The fraction of sp³-hybridized carbons (Fsp3) is 0.556. The van der Waals surface area contributed by atoms with Crippen LogP contribution in [-0.4, -0.2) is 80.4 Å². The SMILES string of the molecule is CN1C[C@]2(CCN(C(=O)c3ccccc3N3CCOCC3)C2)OC1=O. The second kappa shape index (κ2) is 6.22. The van der Waals surface area contributed by atoms with Crippen molar-refractivity contribution in [3.8, 4) is 0 Å². The minimum Gasteiger partial charge on any atom is -0.439 e. The van der Waals surface area contributed by atoms with Crippen LogP contribution in [0, 0.1) is 0 Å². The summed E-state index contributed by atoms with van der Waals surface area (Å²) in [6, 6.07) is 7.73. The number of para-hydroxylation sites is 1. The van der Waals surface area contributed by atoms with Crippen LogP contribution in [0.3, 0.4) is 0 Å². The lowest BCUT2D eigenvalue weighted by molar-refractivity contribution is 0.0553. The number of rotatable bonds is 2. The van der Waals surface area contributed by atoms with E-state index >= 15 is 0 Å². The maximum atomic E-state index is 13.1. The monoisotopic (exact) mass is 345 g/mol. The number of likely N-dealkylation sites (N-methyl/N-ethyl adjacent to an activating group) is 1. The predicted molar refractivity (Wildman–Crippen MR) is 91.8 cm³/mol. The summed E-state index contributed by atoms with van der Waals surface area (Å²) in [6.45, 7) is 4.54. The zero-order valence-electron chi connectivity index (χ0n) is 14.4. The van der Waals surface area contributed by atoms with Crippen molar-refractivity contribution >= 4 is 17.7 Å². The summed E-state index contributed by atoms with van der Waals surface area (Å²) >= 11 is 0. The van der Waals surface area contributed by atoms with E-state index in [1.807, 2.05) is 29.2 Å². The highest BCUT2D eigenvalue weighted by molar-refractivity contribution is 6.00. The molecule has 2 amide bonds. The Balaban J connectivity index is 1.53. The number of carbonyl (C=O) groups excluding carboxylic acids is 2. The molecule has 0 bridgehead atoms.